The van der Waals surface area contributed by atoms with Crippen LogP contribution in [0.4, 0.5) is 0 Å². The topological polar surface area (TPSA) is 52.7 Å². The second kappa shape index (κ2) is 7.63. The fraction of sp³-hybridized carbons (Fsp3) is 0.636. The Labute approximate surface area is 163 Å². The molecule has 1 N–H and O–H groups in total. The lowest BCUT2D eigenvalue weighted by Gasteiger charge is -2.39. The summed E-state index contributed by atoms with van der Waals surface area (Å²) in [5, 5.41) is 3.46. The molecule has 0 saturated carbocycles. The third-order valence-electron chi connectivity index (χ3n) is 5.86. The number of hydrogen-bond donors (Lipinski definition) is 1. The lowest BCUT2D eigenvalue weighted by molar-refractivity contribution is 0.0607. The van der Waals surface area contributed by atoms with Gasteiger partial charge in [-0.15, -0.1) is 0 Å². The molecule has 0 atom stereocenters. The zero-order valence-corrected chi connectivity index (χ0v) is 17.2. The Balaban J connectivity index is 1.66. The molecule has 5 heteroatoms. The Hall–Kier alpha value is -1.88. The van der Waals surface area contributed by atoms with Gasteiger partial charge in [-0.2, -0.15) is 0 Å². The molecule has 148 valence electrons. The zero-order chi connectivity index (χ0) is 19.7. The number of likely N-dealkylation sites (tertiary alicyclic amines) is 1. The van der Waals surface area contributed by atoms with Crippen LogP contribution in [0.25, 0.3) is 0 Å². The van der Waals surface area contributed by atoms with Crippen molar-refractivity contribution in [2.24, 2.45) is 10.8 Å². The van der Waals surface area contributed by atoms with E-state index in [2.05, 4.69) is 26.1 Å². The van der Waals surface area contributed by atoms with E-state index in [1.807, 2.05) is 24.1 Å². The van der Waals surface area contributed by atoms with Crippen LogP contribution < -0.4 is 5.32 Å². The molecule has 5 nitrogen and oxygen atoms in total. The summed E-state index contributed by atoms with van der Waals surface area (Å²) in [6.45, 7) is 10.8. The predicted molar refractivity (Wildman–Crippen MR) is 108 cm³/mol. The molecule has 1 aromatic rings. The molecule has 2 fully saturated rings. The van der Waals surface area contributed by atoms with E-state index in [1.165, 1.54) is 6.42 Å². The molecule has 0 unspecified atom stereocenters. The van der Waals surface area contributed by atoms with Gasteiger partial charge in [0.05, 0.1) is 0 Å². The van der Waals surface area contributed by atoms with Gasteiger partial charge in [0, 0.05) is 44.4 Å². The van der Waals surface area contributed by atoms with Crippen LogP contribution in [0.1, 0.15) is 60.7 Å². The lowest BCUT2D eigenvalue weighted by Crippen LogP contribution is -2.44. The van der Waals surface area contributed by atoms with Crippen LogP contribution in [-0.4, -0.2) is 61.4 Å². The van der Waals surface area contributed by atoms with E-state index in [-0.39, 0.29) is 17.2 Å². The van der Waals surface area contributed by atoms with Gasteiger partial charge >= 0.3 is 0 Å². The van der Waals surface area contributed by atoms with Gasteiger partial charge in [-0.1, -0.05) is 26.8 Å². The maximum atomic E-state index is 13.0. The van der Waals surface area contributed by atoms with Crippen LogP contribution in [0.15, 0.2) is 24.3 Å². The molecule has 2 aliphatic heterocycles. The monoisotopic (exact) mass is 371 g/mol. The van der Waals surface area contributed by atoms with Crippen molar-refractivity contribution < 1.29 is 9.59 Å². The molecule has 2 amide bonds. The highest BCUT2D eigenvalue weighted by Crippen LogP contribution is 2.37. The number of hydrogen-bond acceptors (Lipinski definition) is 3. The summed E-state index contributed by atoms with van der Waals surface area (Å²) in [5.74, 6) is 0.0122. The quantitative estimate of drug-likeness (QED) is 0.889. The largest absolute Gasteiger partial charge is 0.341 e. The third kappa shape index (κ3) is 4.70. The van der Waals surface area contributed by atoms with Crippen LogP contribution in [0.3, 0.4) is 0 Å². The molecular formula is C22H33N3O2. The second-order valence-corrected chi connectivity index (χ2v) is 9.52. The van der Waals surface area contributed by atoms with E-state index < -0.39 is 0 Å². The standard InChI is InChI=1S/C22H33N3O2/c1-21(2,3)16-24(4)19(26)17-6-5-7-18(14-17)20(27)25-12-9-22(10-13-25)8-11-23-15-22/h5-7,14,23H,8-13,15-16H2,1-4H3. The van der Waals surface area contributed by atoms with Crippen molar-refractivity contribution in [2.75, 3.05) is 39.8 Å². The Bertz CT molecular complexity index is 692. The summed E-state index contributed by atoms with van der Waals surface area (Å²) in [6, 6.07) is 7.20. The highest BCUT2D eigenvalue weighted by Gasteiger charge is 2.38. The van der Waals surface area contributed by atoms with Gasteiger partial charge in [0.25, 0.3) is 11.8 Å². The Morgan fingerprint density at radius 1 is 1.15 bits per heavy atom. The first-order valence-electron chi connectivity index (χ1n) is 10.0. The van der Waals surface area contributed by atoms with Crippen molar-refractivity contribution in [3.8, 4) is 0 Å². The summed E-state index contributed by atoms with van der Waals surface area (Å²) in [5.41, 5.74) is 1.63. The molecule has 0 aromatic heterocycles. The van der Waals surface area contributed by atoms with Gasteiger partial charge in [-0.3, -0.25) is 9.59 Å². The SMILES string of the molecule is CN(CC(C)(C)C)C(=O)c1cccc(C(=O)N2CCC3(CCNC3)CC2)c1. The van der Waals surface area contributed by atoms with Crippen molar-refractivity contribution in [1.82, 2.24) is 15.1 Å². The minimum atomic E-state index is -0.0331. The minimum Gasteiger partial charge on any atom is -0.341 e. The first kappa shape index (κ1) is 19.9. The highest BCUT2D eigenvalue weighted by atomic mass is 16.2. The van der Waals surface area contributed by atoms with Gasteiger partial charge < -0.3 is 15.1 Å². The number of nitrogens with zero attached hydrogens (tertiary/aromatic N) is 2. The second-order valence-electron chi connectivity index (χ2n) is 9.52. The first-order chi connectivity index (χ1) is 12.7. The van der Waals surface area contributed by atoms with Gasteiger partial charge in [-0.25, -0.2) is 0 Å². The van der Waals surface area contributed by atoms with Crippen LogP contribution >= 0.6 is 0 Å². The average molecular weight is 372 g/mol. The Kier molecular flexibility index (Phi) is 5.61. The van der Waals surface area contributed by atoms with E-state index in [1.54, 1.807) is 17.0 Å². The smallest absolute Gasteiger partial charge is 0.253 e. The molecular weight excluding hydrogens is 338 g/mol. The lowest BCUT2D eigenvalue weighted by atomic mass is 9.78. The van der Waals surface area contributed by atoms with Gasteiger partial charge in [0.2, 0.25) is 0 Å². The van der Waals surface area contributed by atoms with Crippen LogP contribution in [0, 0.1) is 10.8 Å². The van der Waals surface area contributed by atoms with E-state index in [0.717, 1.165) is 39.0 Å². The van der Waals surface area contributed by atoms with E-state index in [0.29, 0.717) is 23.1 Å². The molecule has 2 aliphatic rings. The van der Waals surface area contributed by atoms with Crippen LogP contribution in [-0.2, 0) is 0 Å². The summed E-state index contributed by atoms with van der Waals surface area (Å²) >= 11 is 0. The van der Waals surface area contributed by atoms with E-state index in [9.17, 15) is 9.59 Å². The van der Waals surface area contributed by atoms with Gasteiger partial charge in [0.15, 0.2) is 0 Å². The normalized spacial score (nSPS) is 19.3. The van der Waals surface area contributed by atoms with Gasteiger partial charge in [-0.05, 0) is 54.8 Å². The van der Waals surface area contributed by atoms with Crippen LogP contribution in [0.5, 0.6) is 0 Å². The summed E-state index contributed by atoms with van der Waals surface area (Å²) in [4.78, 5) is 29.4. The summed E-state index contributed by atoms with van der Waals surface area (Å²) in [6.07, 6.45) is 3.36. The Morgan fingerprint density at radius 3 is 2.41 bits per heavy atom. The number of nitrogens with one attached hydrogen (secondary N) is 1. The molecule has 27 heavy (non-hydrogen) atoms. The van der Waals surface area contributed by atoms with Crippen molar-refractivity contribution in [3.05, 3.63) is 35.4 Å². The fourth-order valence-electron chi connectivity index (χ4n) is 4.38. The predicted octanol–water partition coefficient (Wildman–Crippen LogP) is 3.02. The number of benzene rings is 1. The van der Waals surface area contributed by atoms with Crippen molar-refractivity contribution in [2.45, 2.75) is 40.0 Å². The van der Waals surface area contributed by atoms with E-state index in [4.69, 9.17) is 0 Å². The maximum Gasteiger partial charge on any atom is 0.253 e. The third-order valence-corrected chi connectivity index (χ3v) is 5.86. The van der Waals surface area contributed by atoms with E-state index >= 15 is 0 Å². The number of piperidine rings is 1. The number of carbonyl (C=O) groups is 2. The molecule has 1 spiro atoms. The number of rotatable bonds is 3. The maximum absolute atomic E-state index is 13.0. The fourth-order valence-corrected chi connectivity index (χ4v) is 4.38. The zero-order valence-electron chi connectivity index (χ0n) is 17.2. The van der Waals surface area contributed by atoms with Crippen LogP contribution in [0.2, 0.25) is 0 Å². The minimum absolute atomic E-state index is 0.0331. The average Bonchev–Trinajstić information content (AvgIpc) is 3.08. The highest BCUT2D eigenvalue weighted by molar-refractivity contribution is 5.99. The molecule has 2 saturated heterocycles. The molecule has 2 heterocycles. The van der Waals surface area contributed by atoms with Crippen molar-refractivity contribution >= 4 is 11.8 Å². The number of carbonyl (C=O) groups excluding carboxylic acids is 2. The molecule has 1 aromatic carbocycles. The summed E-state index contributed by atoms with van der Waals surface area (Å²) < 4.78 is 0. The molecule has 0 bridgehead atoms. The molecule has 0 aliphatic carbocycles. The van der Waals surface area contributed by atoms with Crippen molar-refractivity contribution in [3.63, 3.8) is 0 Å². The number of amides is 2. The summed E-state index contributed by atoms with van der Waals surface area (Å²) in [7, 11) is 1.82. The molecule has 3 rings (SSSR count). The Morgan fingerprint density at radius 2 is 1.81 bits per heavy atom. The van der Waals surface area contributed by atoms with Crippen molar-refractivity contribution in [1.29, 1.82) is 0 Å². The molecule has 0 radical (unpaired) electrons. The first-order valence-corrected chi connectivity index (χ1v) is 10.0. The van der Waals surface area contributed by atoms with Gasteiger partial charge in [0.1, 0.15) is 0 Å².